The average Bonchev–Trinajstić information content (AvgIpc) is 3.31. The molecule has 0 aromatic heterocycles. The molecule has 1 atom stereocenters. The van der Waals surface area contributed by atoms with E-state index in [1.165, 1.54) is 13.2 Å². The summed E-state index contributed by atoms with van der Waals surface area (Å²) in [6, 6.07) is 12.3. The summed E-state index contributed by atoms with van der Waals surface area (Å²) in [5.74, 6) is -1.12. The molecule has 2 aromatic carbocycles. The molecule has 188 valence electrons. The molecule has 8 heteroatoms. The molecule has 1 aliphatic rings. The molecule has 0 spiro atoms. The van der Waals surface area contributed by atoms with E-state index in [4.69, 9.17) is 21.1 Å². The van der Waals surface area contributed by atoms with E-state index in [0.29, 0.717) is 27.2 Å². The fraction of sp³-hybridized carbons (Fsp3) is 0.444. The van der Waals surface area contributed by atoms with Gasteiger partial charge in [0, 0.05) is 24.3 Å². The Labute approximate surface area is 211 Å². The van der Waals surface area contributed by atoms with Crippen LogP contribution in [0.25, 0.3) is 0 Å². The van der Waals surface area contributed by atoms with E-state index in [0.717, 1.165) is 37.9 Å². The van der Waals surface area contributed by atoms with E-state index in [1.54, 1.807) is 13.0 Å². The average molecular weight is 502 g/mol. The van der Waals surface area contributed by atoms with E-state index in [-0.39, 0.29) is 30.6 Å². The summed E-state index contributed by atoms with van der Waals surface area (Å²) in [5, 5.41) is 3.36. The Balaban J connectivity index is 1.82. The highest BCUT2D eigenvalue weighted by Gasteiger charge is 2.45. The quantitative estimate of drug-likeness (QED) is 0.370. The van der Waals surface area contributed by atoms with Crippen molar-refractivity contribution < 1.29 is 28.3 Å². The summed E-state index contributed by atoms with van der Waals surface area (Å²) in [6.07, 6.45) is 3.26. The van der Waals surface area contributed by atoms with Crippen molar-refractivity contribution in [3.05, 3.63) is 64.2 Å². The van der Waals surface area contributed by atoms with Crippen LogP contribution >= 0.6 is 11.6 Å². The Morgan fingerprint density at radius 1 is 1.11 bits per heavy atom. The zero-order valence-electron chi connectivity index (χ0n) is 20.6. The van der Waals surface area contributed by atoms with Gasteiger partial charge in [-0.15, -0.1) is 0 Å². The molecule has 7 nitrogen and oxygen atoms in total. The molecule has 1 saturated heterocycles. The lowest BCUT2D eigenvalue weighted by Gasteiger charge is -2.40. The van der Waals surface area contributed by atoms with Gasteiger partial charge in [0.05, 0.1) is 31.5 Å². The smallest absolute Gasteiger partial charge is 0.362 e. The minimum atomic E-state index is -0.576. The van der Waals surface area contributed by atoms with Gasteiger partial charge in [0.2, 0.25) is 0 Å². The van der Waals surface area contributed by atoms with E-state index in [9.17, 15) is 14.4 Å². The molecule has 1 heterocycles. The van der Waals surface area contributed by atoms with Crippen molar-refractivity contribution >= 4 is 35.1 Å². The van der Waals surface area contributed by atoms with Gasteiger partial charge in [-0.2, -0.15) is 0 Å². The fourth-order valence-electron chi connectivity index (χ4n) is 4.90. The number of anilines is 1. The molecule has 1 aliphatic heterocycles. The van der Waals surface area contributed by atoms with Crippen molar-refractivity contribution in [2.45, 2.75) is 52.2 Å². The highest BCUT2D eigenvalue weighted by Crippen LogP contribution is 2.30. The summed E-state index contributed by atoms with van der Waals surface area (Å²) < 4.78 is 10.8. The number of hydrogen-bond donors (Lipinski definition) is 1. The number of benzene rings is 2. The summed E-state index contributed by atoms with van der Waals surface area (Å²) in [7, 11) is 1.29. The lowest BCUT2D eigenvalue weighted by atomic mass is 10.0. The molecule has 2 aromatic rings. The molecule has 0 bridgehead atoms. The third kappa shape index (κ3) is 6.61. The van der Waals surface area contributed by atoms with Crippen LogP contribution in [0.1, 0.15) is 54.1 Å². The van der Waals surface area contributed by atoms with Crippen LogP contribution in [0.5, 0.6) is 0 Å². The van der Waals surface area contributed by atoms with Gasteiger partial charge >= 0.3 is 11.9 Å². The zero-order chi connectivity index (χ0) is 25.4. The number of quaternary nitrogens is 1. The van der Waals surface area contributed by atoms with Crippen LogP contribution in [-0.4, -0.2) is 55.1 Å². The molecule has 35 heavy (non-hydrogen) atoms. The lowest BCUT2D eigenvalue weighted by Crippen LogP contribution is -2.60. The minimum absolute atomic E-state index is 0.133. The molecule has 1 fully saturated rings. The largest absolute Gasteiger partial charge is 0.465 e. The van der Waals surface area contributed by atoms with Crippen LogP contribution in [0, 0.1) is 6.92 Å². The predicted molar refractivity (Wildman–Crippen MR) is 135 cm³/mol. The number of rotatable bonds is 10. The number of amides is 1. The number of carbonyl (C=O) groups is 3. The molecule has 0 radical (unpaired) electrons. The second kappa shape index (κ2) is 12.2. The summed E-state index contributed by atoms with van der Waals surface area (Å²) in [5.41, 5.74) is 2.18. The standard InChI is InChI=1S/C27H33ClN2O5/c1-4-10-23(26(32)29-25-19(2)15-21(28)16-22(25)27(33)34-3)30(13-8-9-14-30)17-24(31)35-18-20-11-6-5-7-12-20/h5-7,11-12,15-16,23H,4,8-10,13-14,17-18H2,1-3H3/p+1. The number of carbonyl (C=O) groups excluding carboxylic acids is 3. The van der Waals surface area contributed by atoms with Crippen molar-refractivity contribution in [2.75, 3.05) is 32.1 Å². The molecule has 3 rings (SSSR count). The molecule has 1 amide bonds. The molecular weight excluding hydrogens is 468 g/mol. The number of aryl methyl sites for hydroxylation is 1. The van der Waals surface area contributed by atoms with E-state index in [1.807, 2.05) is 37.3 Å². The third-order valence-corrected chi connectivity index (χ3v) is 6.84. The number of likely N-dealkylation sites (tertiary alicyclic amines) is 1. The Morgan fingerprint density at radius 2 is 1.80 bits per heavy atom. The Morgan fingerprint density at radius 3 is 2.43 bits per heavy atom. The van der Waals surface area contributed by atoms with Gasteiger partial charge in [-0.1, -0.05) is 48.9 Å². The topological polar surface area (TPSA) is 81.7 Å². The molecular formula is C27H34ClN2O5+. The number of hydrogen-bond acceptors (Lipinski definition) is 5. The van der Waals surface area contributed by atoms with Gasteiger partial charge in [0.15, 0.2) is 12.6 Å². The number of esters is 2. The summed E-state index contributed by atoms with van der Waals surface area (Å²) in [6.45, 7) is 5.59. The number of nitrogens with one attached hydrogen (secondary N) is 1. The van der Waals surface area contributed by atoms with Gasteiger partial charge < -0.3 is 19.3 Å². The Bertz CT molecular complexity index is 1050. The Hall–Kier alpha value is -2.90. The Kier molecular flexibility index (Phi) is 9.29. The first kappa shape index (κ1) is 26.7. The van der Waals surface area contributed by atoms with Crippen molar-refractivity contribution in [3.8, 4) is 0 Å². The van der Waals surface area contributed by atoms with Crippen LogP contribution in [0.15, 0.2) is 42.5 Å². The minimum Gasteiger partial charge on any atom is -0.465 e. The number of halogens is 1. The fourth-order valence-corrected chi connectivity index (χ4v) is 5.17. The van der Waals surface area contributed by atoms with Crippen molar-refractivity contribution in [1.29, 1.82) is 0 Å². The molecule has 1 N–H and O–H groups in total. The van der Waals surface area contributed by atoms with Gasteiger partial charge in [-0.3, -0.25) is 4.79 Å². The number of methoxy groups -OCH3 is 1. The van der Waals surface area contributed by atoms with Crippen LogP contribution < -0.4 is 5.32 Å². The van der Waals surface area contributed by atoms with Crippen molar-refractivity contribution in [1.82, 2.24) is 0 Å². The zero-order valence-corrected chi connectivity index (χ0v) is 21.4. The highest BCUT2D eigenvalue weighted by molar-refractivity contribution is 6.31. The lowest BCUT2D eigenvalue weighted by molar-refractivity contribution is -0.925. The SMILES string of the molecule is CCCC(C(=O)Nc1c(C)cc(Cl)cc1C(=O)OC)[N+]1(CC(=O)OCc2ccccc2)CCCC1. The summed E-state index contributed by atoms with van der Waals surface area (Å²) in [4.78, 5) is 39.0. The van der Waals surface area contributed by atoms with E-state index >= 15 is 0 Å². The number of ether oxygens (including phenoxy) is 2. The maximum Gasteiger partial charge on any atom is 0.362 e. The van der Waals surface area contributed by atoms with Crippen molar-refractivity contribution in [2.24, 2.45) is 0 Å². The molecule has 0 saturated carbocycles. The molecule has 0 aliphatic carbocycles. The predicted octanol–water partition coefficient (Wildman–Crippen LogP) is 4.90. The monoisotopic (exact) mass is 501 g/mol. The van der Waals surface area contributed by atoms with Crippen molar-refractivity contribution in [3.63, 3.8) is 0 Å². The van der Waals surface area contributed by atoms with Gasteiger partial charge in [-0.05, 0) is 36.6 Å². The maximum absolute atomic E-state index is 13.7. The second-order valence-electron chi connectivity index (χ2n) is 9.11. The van der Waals surface area contributed by atoms with Gasteiger partial charge in [0.25, 0.3) is 5.91 Å². The molecule has 1 unspecified atom stereocenters. The number of nitrogens with zero attached hydrogens (tertiary/aromatic N) is 1. The van der Waals surface area contributed by atoms with Gasteiger partial charge in [-0.25, -0.2) is 9.59 Å². The normalized spacial score (nSPS) is 15.3. The van der Waals surface area contributed by atoms with Crippen LogP contribution in [-0.2, 0) is 25.7 Å². The maximum atomic E-state index is 13.7. The van der Waals surface area contributed by atoms with Crippen LogP contribution in [0.3, 0.4) is 0 Å². The second-order valence-corrected chi connectivity index (χ2v) is 9.54. The van der Waals surface area contributed by atoms with E-state index in [2.05, 4.69) is 5.32 Å². The first-order chi connectivity index (χ1) is 16.8. The third-order valence-electron chi connectivity index (χ3n) is 6.62. The van der Waals surface area contributed by atoms with Crippen LogP contribution in [0.4, 0.5) is 5.69 Å². The van der Waals surface area contributed by atoms with Crippen LogP contribution in [0.2, 0.25) is 5.02 Å². The summed E-state index contributed by atoms with van der Waals surface area (Å²) >= 11 is 6.15. The van der Waals surface area contributed by atoms with Gasteiger partial charge in [0.1, 0.15) is 6.61 Å². The first-order valence-electron chi connectivity index (χ1n) is 12.0. The highest BCUT2D eigenvalue weighted by atomic mass is 35.5. The van der Waals surface area contributed by atoms with E-state index < -0.39 is 12.0 Å². The first-order valence-corrected chi connectivity index (χ1v) is 12.4.